The quantitative estimate of drug-likeness (QED) is 0.313. The molecule has 4 rings (SSSR count). The maximum absolute atomic E-state index is 13.5. The van der Waals surface area contributed by atoms with Crippen LogP contribution in [0.3, 0.4) is 0 Å². The molecule has 0 fully saturated rings. The Morgan fingerprint density at radius 3 is 2.42 bits per heavy atom. The van der Waals surface area contributed by atoms with Gasteiger partial charge >= 0.3 is 5.97 Å². The number of aromatic nitrogens is 1. The van der Waals surface area contributed by atoms with Crippen LogP contribution in [0.25, 0.3) is 22.0 Å². The molecule has 0 atom stereocenters. The summed E-state index contributed by atoms with van der Waals surface area (Å²) in [4.78, 5) is 26.4. The van der Waals surface area contributed by atoms with Gasteiger partial charge in [0.2, 0.25) is 0 Å². The lowest BCUT2D eigenvalue weighted by Crippen LogP contribution is -2.19. The monoisotopic (exact) mass is 460 g/mol. The predicted molar refractivity (Wildman–Crippen MR) is 135 cm³/mol. The molecule has 4 aromatic rings. The molecule has 0 aliphatic heterocycles. The van der Waals surface area contributed by atoms with Crippen molar-refractivity contribution < 1.29 is 14.3 Å². The lowest BCUT2D eigenvalue weighted by Gasteiger charge is -2.11. The molecule has 2 heterocycles. The van der Waals surface area contributed by atoms with Gasteiger partial charge in [0.15, 0.2) is 0 Å². The van der Waals surface area contributed by atoms with Crippen molar-refractivity contribution in [3.63, 3.8) is 0 Å². The zero-order chi connectivity index (χ0) is 23.5. The van der Waals surface area contributed by atoms with Gasteiger partial charge in [0.25, 0.3) is 5.91 Å². The van der Waals surface area contributed by atoms with Crippen LogP contribution in [-0.2, 0) is 17.7 Å². The molecule has 0 bridgehead atoms. The van der Waals surface area contributed by atoms with Crippen molar-refractivity contribution in [2.75, 3.05) is 11.9 Å². The van der Waals surface area contributed by atoms with Crippen LogP contribution in [0.2, 0.25) is 0 Å². The molecule has 2 aromatic carbocycles. The van der Waals surface area contributed by atoms with E-state index in [-0.39, 0.29) is 12.5 Å². The van der Waals surface area contributed by atoms with Crippen molar-refractivity contribution in [2.45, 2.75) is 40.7 Å². The highest BCUT2D eigenvalue weighted by Gasteiger charge is 2.25. The summed E-state index contributed by atoms with van der Waals surface area (Å²) in [5, 5.41) is 6.48. The number of aryl methyl sites for hydroxylation is 3. The molecular formula is C27H28N2O3S. The Morgan fingerprint density at radius 2 is 1.76 bits per heavy atom. The van der Waals surface area contributed by atoms with Gasteiger partial charge in [-0.05, 0) is 49.9 Å². The number of para-hydroxylation sites is 1. The van der Waals surface area contributed by atoms with Crippen molar-refractivity contribution in [2.24, 2.45) is 0 Å². The van der Waals surface area contributed by atoms with E-state index in [9.17, 15) is 9.59 Å². The van der Waals surface area contributed by atoms with Gasteiger partial charge in [-0.1, -0.05) is 49.4 Å². The van der Waals surface area contributed by atoms with Crippen molar-refractivity contribution in [3.8, 4) is 11.1 Å². The third kappa shape index (κ3) is 4.18. The van der Waals surface area contributed by atoms with Crippen LogP contribution in [0.5, 0.6) is 0 Å². The van der Waals surface area contributed by atoms with E-state index >= 15 is 0 Å². The summed E-state index contributed by atoms with van der Waals surface area (Å²) in [6, 6.07) is 16.1. The molecular weight excluding hydrogens is 432 g/mol. The number of rotatable bonds is 7. The van der Waals surface area contributed by atoms with Gasteiger partial charge in [-0.3, -0.25) is 4.79 Å². The first kappa shape index (κ1) is 22.8. The zero-order valence-corrected chi connectivity index (χ0v) is 20.2. The van der Waals surface area contributed by atoms with E-state index in [2.05, 4.69) is 24.4 Å². The summed E-state index contributed by atoms with van der Waals surface area (Å²) < 4.78 is 7.37. The molecule has 0 aliphatic carbocycles. The van der Waals surface area contributed by atoms with Crippen molar-refractivity contribution in [3.05, 3.63) is 76.3 Å². The Kier molecular flexibility index (Phi) is 6.65. The van der Waals surface area contributed by atoms with E-state index in [1.165, 1.54) is 16.9 Å². The number of benzene rings is 2. The summed E-state index contributed by atoms with van der Waals surface area (Å²) in [6.45, 7) is 8.80. The summed E-state index contributed by atoms with van der Waals surface area (Å²) >= 11 is 1.34. The van der Waals surface area contributed by atoms with E-state index in [0.29, 0.717) is 22.8 Å². The number of carbonyl (C=O) groups is 2. The second kappa shape index (κ2) is 9.63. The van der Waals surface area contributed by atoms with Gasteiger partial charge in [-0.25, -0.2) is 4.79 Å². The van der Waals surface area contributed by atoms with Gasteiger partial charge in [-0.2, -0.15) is 0 Å². The van der Waals surface area contributed by atoms with E-state index in [1.807, 2.05) is 60.2 Å². The molecule has 2 aromatic heterocycles. The van der Waals surface area contributed by atoms with E-state index in [0.717, 1.165) is 34.0 Å². The minimum absolute atomic E-state index is 0.231. The first-order valence-electron chi connectivity index (χ1n) is 11.3. The first-order valence-corrected chi connectivity index (χ1v) is 12.1. The summed E-state index contributed by atoms with van der Waals surface area (Å²) in [6.07, 6.45) is 0.945. The van der Waals surface area contributed by atoms with Crippen LogP contribution >= 0.6 is 11.3 Å². The number of nitrogens with one attached hydrogen (secondary N) is 1. The Morgan fingerprint density at radius 1 is 1.03 bits per heavy atom. The SMILES string of the molecule is CCOC(=O)c1c(-c2ccc(CC)cc2)csc1NC(=O)c1c(C)c2ccccc2n1CC. The number of fused-ring (bicyclic) bond motifs is 1. The van der Waals surface area contributed by atoms with Gasteiger partial charge < -0.3 is 14.6 Å². The van der Waals surface area contributed by atoms with Crippen LogP contribution in [0, 0.1) is 6.92 Å². The summed E-state index contributed by atoms with van der Waals surface area (Å²) in [5.41, 5.74) is 5.87. The van der Waals surface area contributed by atoms with Gasteiger partial charge in [-0.15, -0.1) is 11.3 Å². The largest absolute Gasteiger partial charge is 0.462 e. The molecule has 0 aliphatic rings. The van der Waals surface area contributed by atoms with Crippen LogP contribution in [0.15, 0.2) is 53.9 Å². The number of carbonyl (C=O) groups excluding carboxylic acids is 2. The molecule has 0 unspecified atom stereocenters. The summed E-state index contributed by atoms with van der Waals surface area (Å²) in [5.74, 6) is -0.665. The fourth-order valence-electron chi connectivity index (χ4n) is 4.25. The minimum atomic E-state index is -0.434. The Labute approximate surface area is 198 Å². The maximum atomic E-state index is 13.5. The standard InChI is InChI=1S/C27H28N2O3S/c1-5-18-12-14-19(15-13-18)21-16-33-26(23(21)27(31)32-7-3)28-25(30)24-17(4)20-10-8-9-11-22(20)29(24)6-2/h8-16H,5-7H2,1-4H3,(H,28,30). The molecule has 0 saturated carbocycles. The minimum Gasteiger partial charge on any atom is -0.462 e. The Hall–Kier alpha value is -3.38. The predicted octanol–water partition coefficient (Wildman–Crippen LogP) is 6.69. The number of nitrogens with zero attached hydrogens (tertiary/aromatic N) is 1. The first-order chi connectivity index (χ1) is 16.0. The topological polar surface area (TPSA) is 60.3 Å². The highest BCUT2D eigenvalue weighted by molar-refractivity contribution is 7.15. The summed E-state index contributed by atoms with van der Waals surface area (Å²) in [7, 11) is 0. The van der Waals surface area contributed by atoms with Gasteiger partial charge in [0, 0.05) is 28.4 Å². The average molecular weight is 461 g/mol. The molecule has 1 N–H and O–H groups in total. The fraction of sp³-hybridized carbons (Fsp3) is 0.259. The van der Waals surface area contributed by atoms with Crippen molar-refractivity contribution in [1.82, 2.24) is 4.57 Å². The van der Waals surface area contributed by atoms with Crippen molar-refractivity contribution in [1.29, 1.82) is 0 Å². The third-order valence-electron chi connectivity index (χ3n) is 5.93. The number of anilines is 1. The van der Waals surface area contributed by atoms with E-state index < -0.39 is 5.97 Å². The highest BCUT2D eigenvalue weighted by atomic mass is 32.1. The van der Waals surface area contributed by atoms with Crippen LogP contribution in [0.4, 0.5) is 5.00 Å². The van der Waals surface area contributed by atoms with Crippen LogP contribution in [-0.4, -0.2) is 23.1 Å². The van der Waals surface area contributed by atoms with E-state index in [4.69, 9.17) is 4.74 Å². The molecule has 170 valence electrons. The maximum Gasteiger partial charge on any atom is 0.341 e. The number of amides is 1. The number of hydrogen-bond acceptors (Lipinski definition) is 4. The second-order valence-electron chi connectivity index (χ2n) is 7.81. The average Bonchev–Trinajstić information content (AvgIpc) is 3.38. The number of hydrogen-bond donors (Lipinski definition) is 1. The zero-order valence-electron chi connectivity index (χ0n) is 19.4. The molecule has 5 nitrogen and oxygen atoms in total. The van der Waals surface area contributed by atoms with Crippen LogP contribution in [0.1, 0.15) is 52.7 Å². The second-order valence-corrected chi connectivity index (χ2v) is 8.69. The molecule has 0 spiro atoms. The fourth-order valence-corrected chi connectivity index (χ4v) is 5.20. The van der Waals surface area contributed by atoms with E-state index in [1.54, 1.807) is 6.92 Å². The number of thiophene rings is 1. The smallest absolute Gasteiger partial charge is 0.341 e. The Bertz CT molecular complexity index is 1320. The molecule has 33 heavy (non-hydrogen) atoms. The molecule has 1 amide bonds. The Balaban J connectivity index is 1.76. The van der Waals surface area contributed by atoms with Crippen molar-refractivity contribution >= 4 is 39.1 Å². The normalized spacial score (nSPS) is 11.0. The lowest BCUT2D eigenvalue weighted by atomic mass is 10.0. The lowest BCUT2D eigenvalue weighted by molar-refractivity contribution is 0.0529. The third-order valence-corrected chi connectivity index (χ3v) is 6.82. The van der Waals surface area contributed by atoms with Gasteiger partial charge in [0.05, 0.1) is 6.61 Å². The molecule has 0 radical (unpaired) electrons. The van der Waals surface area contributed by atoms with Gasteiger partial charge in [0.1, 0.15) is 16.3 Å². The van der Waals surface area contributed by atoms with Crippen LogP contribution < -0.4 is 5.32 Å². The number of ether oxygens (including phenoxy) is 1. The number of esters is 1. The highest BCUT2D eigenvalue weighted by Crippen LogP contribution is 2.37. The molecule has 0 saturated heterocycles. The molecule has 6 heteroatoms.